The van der Waals surface area contributed by atoms with Gasteiger partial charge in [-0.05, 0) is 55.2 Å². The molecule has 1 aliphatic heterocycles. The second-order valence-corrected chi connectivity index (χ2v) is 8.90. The largest absolute Gasteiger partial charge is 0.481 e. The van der Waals surface area contributed by atoms with Crippen molar-refractivity contribution in [2.75, 3.05) is 16.8 Å². The number of aliphatic carboxylic acids is 1. The highest BCUT2D eigenvalue weighted by Crippen LogP contribution is 2.29. The summed E-state index contributed by atoms with van der Waals surface area (Å²) in [6.07, 6.45) is 0.798. The molecular formula is C27H26N2O4. The van der Waals surface area contributed by atoms with Crippen molar-refractivity contribution >= 4 is 29.2 Å². The molecule has 0 aliphatic carbocycles. The van der Waals surface area contributed by atoms with E-state index in [-0.39, 0.29) is 18.2 Å². The Morgan fingerprint density at radius 1 is 0.909 bits per heavy atom. The van der Waals surface area contributed by atoms with E-state index in [4.69, 9.17) is 0 Å². The minimum Gasteiger partial charge on any atom is -0.481 e. The maximum absolute atomic E-state index is 12.7. The SMILES string of the molecule is CC(C)(CC(=O)c1ccc(-c2ccc(NC(=O)N3CCc4ccccc43)cc2)cc1)C(=O)O. The van der Waals surface area contributed by atoms with Gasteiger partial charge in [-0.1, -0.05) is 54.6 Å². The number of fused-ring (bicyclic) bond motifs is 1. The van der Waals surface area contributed by atoms with Crippen molar-refractivity contribution in [2.45, 2.75) is 26.7 Å². The van der Waals surface area contributed by atoms with Gasteiger partial charge in [0.1, 0.15) is 0 Å². The number of Topliss-reactive ketones (excluding diaryl/α,β-unsaturated/α-hetero) is 1. The van der Waals surface area contributed by atoms with Crippen LogP contribution in [0.25, 0.3) is 11.1 Å². The molecule has 0 fully saturated rings. The second-order valence-electron chi connectivity index (χ2n) is 8.90. The van der Waals surface area contributed by atoms with Gasteiger partial charge in [-0.15, -0.1) is 0 Å². The lowest BCUT2D eigenvalue weighted by molar-refractivity contribution is -0.146. The maximum Gasteiger partial charge on any atom is 0.326 e. The minimum absolute atomic E-state index is 0.0580. The highest BCUT2D eigenvalue weighted by molar-refractivity contribution is 6.03. The summed E-state index contributed by atoms with van der Waals surface area (Å²) in [6.45, 7) is 3.76. The van der Waals surface area contributed by atoms with Crippen LogP contribution in [0.1, 0.15) is 36.2 Å². The third-order valence-corrected chi connectivity index (χ3v) is 5.99. The lowest BCUT2D eigenvalue weighted by atomic mass is 9.85. The normalized spacial score (nSPS) is 12.8. The fourth-order valence-corrected chi connectivity index (χ4v) is 3.91. The number of urea groups is 1. The van der Waals surface area contributed by atoms with Crippen molar-refractivity contribution in [2.24, 2.45) is 5.41 Å². The van der Waals surface area contributed by atoms with Crippen molar-refractivity contribution in [3.63, 3.8) is 0 Å². The predicted molar refractivity (Wildman–Crippen MR) is 129 cm³/mol. The Morgan fingerprint density at radius 3 is 2.15 bits per heavy atom. The molecule has 33 heavy (non-hydrogen) atoms. The molecule has 1 heterocycles. The van der Waals surface area contributed by atoms with Gasteiger partial charge in [0, 0.05) is 29.9 Å². The summed E-state index contributed by atoms with van der Waals surface area (Å²) in [5, 5.41) is 12.2. The average molecular weight is 443 g/mol. The van der Waals surface area contributed by atoms with Crippen molar-refractivity contribution in [3.05, 3.63) is 83.9 Å². The van der Waals surface area contributed by atoms with Gasteiger partial charge in [-0.25, -0.2) is 4.79 Å². The number of anilines is 2. The molecule has 3 aromatic rings. The highest BCUT2D eigenvalue weighted by atomic mass is 16.4. The Kier molecular flexibility index (Phi) is 6.01. The number of rotatable bonds is 6. The number of carbonyl (C=O) groups excluding carboxylic acids is 2. The average Bonchev–Trinajstić information content (AvgIpc) is 3.24. The first-order valence-electron chi connectivity index (χ1n) is 10.9. The summed E-state index contributed by atoms with van der Waals surface area (Å²) < 4.78 is 0. The topological polar surface area (TPSA) is 86.7 Å². The number of carbonyl (C=O) groups is 3. The van der Waals surface area contributed by atoms with Crippen LogP contribution in [0.15, 0.2) is 72.8 Å². The third-order valence-electron chi connectivity index (χ3n) is 5.99. The van der Waals surface area contributed by atoms with Gasteiger partial charge in [0.15, 0.2) is 5.78 Å². The van der Waals surface area contributed by atoms with Gasteiger partial charge < -0.3 is 10.4 Å². The molecular weight excluding hydrogens is 416 g/mol. The molecule has 0 aromatic heterocycles. The summed E-state index contributed by atoms with van der Waals surface area (Å²) in [6, 6.07) is 22.4. The molecule has 6 heteroatoms. The predicted octanol–water partition coefficient (Wildman–Crippen LogP) is 5.63. The Balaban J connectivity index is 1.41. The zero-order chi connectivity index (χ0) is 23.6. The van der Waals surface area contributed by atoms with E-state index in [1.165, 1.54) is 5.56 Å². The number of nitrogens with zero attached hydrogens (tertiary/aromatic N) is 1. The van der Waals surface area contributed by atoms with E-state index in [2.05, 4.69) is 5.32 Å². The smallest absolute Gasteiger partial charge is 0.326 e. The van der Waals surface area contributed by atoms with E-state index in [1.807, 2.05) is 60.7 Å². The van der Waals surface area contributed by atoms with Gasteiger partial charge in [0.25, 0.3) is 0 Å². The molecule has 2 amide bonds. The quantitative estimate of drug-likeness (QED) is 0.484. The Labute approximate surface area is 192 Å². The fraction of sp³-hybridized carbons (Fsp3) is 0.222. The van der Waals surface area contributed by atoms with Crippen LogP contribution in [0.5, 0.6) is 0 Å². The lowest BCUT2D eigenvalue weighted by Gasteiger charge is -2.18. The van der Waals surface area contributed by atoms with Crippen LogP contribution in [0.2, 0.25) is 0 Å². The first-order chi connectivity index (χ1) is 15.7. The monoisotopic (exact) mass is 442 g/mol. The van der Waals surface area contributed by atoms with E-state index in [0.29, 0.717) is 17.8 Å². The van der Waals surface area contributed by atoms with Crippen molar-refractivity contribution in [1.82, 2.24) is 0 Å². The zero-order valence-electron chi connectivity index (χ0n) is 18.7. The molecule has 0 atom stereocenters. The van der Waals surface area contributed by atoms with Crippen LogP contribution < -0.4 is 10.2 Å². The summed E-state index contributed by atoms with van der Waals surface area (Å²) in [4.78, 5) is 38.2. The molecule has 0 saturated heterocycles. The number of carboxylic acids is 1. The van der Waals surface area contributed by atoms with Crippen LogP contribution in [-0.2, 0) is 11.2 Å². The summed E-state index contributed by atoms with van der Waals surface area (Å²) in [5.41, 5.74) is 4.09. The van der Waals surface area contributed by atoms with Gasteiger partial charge >= 0.3 is 12.0 Å². The highest BCUT2D eigenvalue weighted by Gasteiger charge is 2.30. The molecule has 3 aromatic carbocycles. The number of para-hydroxylation sites is 1. The number of nitrogens with one attached hydrogen (secondary N) is 1. The van der Waals surface area contributed by atoms with Gasteiger partial charge in [-0.2, -0.15) is 0 Å². The fourth-order valence-electron chi connectivity index (χ4n) is 3.91. The molecule has 1 aliphatic rings. The first-order valence-corrected chi connectivity index (χ1v) is 10.9. The molecule has 0 spiro atoms. The summed E-state index contributed by atoms with van der Waals surface area (Å²) >= 11 is 0. The van der Waals surface area contributed by atoms with E-state index < -0.39 is 11.4 Å². The molecule has 0 unspecified atom stereocenters. The number of hydrogen-bond acceptors (Lipinski definition) is 3. The van der Waals surface area contributed by atoms with Crippen LogP contribution in [0.4, 0.5) is 16.2 Å². The van der Waals surface area contributed by atoms with Crippen LogP contribution in [0.3, 0.4) is 0 Å². The molecule has 2 N–H and O–H groups in total. The molecule has 0 saturated carbocycles. The molecule has 168 valence electrons. The second kappa shape index (κ2) is 8.90. The standard InChI is InChI=1S/C27H26N2O4/c1-27(2,25(31)32)17-24(30)21-9-7-18(8-10-21)19-11-13-22(14-12-19)28-26(33)29-16-15-20-5-3-4-6-23(20)29/h3-14H,15-17H2,1-2H3,(H,28,33)(H,31,32). The van der Waals surface area contributed by atoms with Gasteiger partial charge in [0.05, 0.1) is 5.41 Å². The number of carboxylic acid groups (broad SMARTS) is 1. The van der Waals surface area contributed by atoms with Crippen molar-refractivity contribution in [1.29, 1.82) is 0 Å². The first kappa shape index (κ1) is 22.3. The summed E-state index contributed by atoms with van der Waals surface area (Å²) in [5.74, 6) is -1.19. The number of ketones is 1. The Hall–Kier alpha value is -3.93. The van der Waals surface area contributed by atoms with Gasteiger partial charge in [0.2, 0.25) is 0 Å². The Morgan fingerprint density at radius 2 is 1.52 bits per heavy atom. The molecule has 0 radical (unpaired) electrons. The summed E-state index contributed by atoms with van der Waals surface area (Å²) in [7, 11) is 0. The zero-order valence-corrected chi connectivity index (χ0v) is 18.7. The number of benzene rings is 3. The number of hydrogen-bond donors (Lipinski definition) is 2. The lowest BCUT2D eigenvalue weighted by Crippen LogP contribution is -2.33. The van der Waals surface area contributed by atoms with Crippen LogP contribution in [-0.4, -0.2) is 29.4 Å². The minimum atomic E-state index is -1.10. The molecule has 6 nitrogen and oxygen atoms in total. The van der Waals surface area contributed by atoms with E-state index in [9.17, 15) is 19.5 Å². The van der Waals surface area contributed by atoms with Crippen molar-refractivity contribution in [3.8, 4) is 11.1 Å². The van der Waals surface area contributed by atoms with Gasteiger partial charge in [-0.3, -0.25) is 14.5 Å². The van der Waals surface area contributed by atoms with E-state index >= 15 is 0 Å². The van der Waals surface area contributed by atoms with Crippen LogP contribution >= 0.6 is 0 Å². The van der Waals surface area contributed by atoms with E-state index in [0.717, 1.165) is 23.2 Å². The molecule has 0 bridgehead atoms. The van der Waals surface area contributed by atoms with Crippen LogP contribution in [0, 0.1) is 5.41 Å². The van der Waals surface area contributed by atoms with Crippen molar-refractivity contribution < 1.29 is 19.5 Å². The number of amides is 2. The molecule has 4 rings (SSSR count). The maximum atomic E-state index is 12.7. The van der Waals surface area contributed by atoms with E-state index in [1.54, 1.807) is 30.9 Å². The Bertz CT molecular complexity index is 1200. The third kappa shape index (κ3) is 4.80.